The lowest BCUT2D eigenvalue weighted by atomic mass is 10.1. The second-order valence-corrected chi connectivity index (χ2v) is 6.51. The fourth-order valence-electron chi connectivity index (χ4n) is 2.29. The minimum absolute atomic E-state index is 0.0223. The Bertz CT molecular complexity index is 1030. The van der Waals surface area contributed by atoms with Gasteiger partial charge in [0, 0.05) is 11.3 Å². The normalized spacial score (nSPS) is 12.1. The molecule has 0 aliphatic rings. The first-order chi connectivity index (χ1) is 14.2. The van der Waals surface area contributed by atoms with Gasteiger partial charge in [0.25, 0.3) is 5.91 Å². The van der Waals surface area contributed by atoms with Gasteiger partial charge in [-0.1, -0.05) is 24.3 Å². The highest BCUT2D eigenvalue weighted by molar-refractivity contribution is 6.31. The lowest BCUT2D eigenvalue weighted by molar-refractivity contribution is -0.136. The summed E-state index contributed by atoms with van der Waals surface area (Å²) in [6, 6.07) is 9.13. The number of anilines is 1. The van der Waals surface area contributed by atoms with Crippen LogP contribution in [0.1, 0.15) is 23.7 Å². The number of carboxylic acid groups (broad SMARTS) is 1. The lowest BCUT2D eigenvalue weighted by Gasteiger charge is -2.10. The zero-order chi connectivity index (χ0) is 22.3. The highest BCUT2D eigenvalue weighted by atomic mass is 35.5. The summed E-state index contributed by atoms with van der Waals surface area (Å²) in [4.78, 5) is 22.9. The molecule has 0 atom stereocenters. The van der Waals surface area contributed by atoms with E-state index in [1.165, 1.54) is 18.2 Å². The van der Waals surface area contributed by atoms with Crippen molar-refractivity contribution >= 4 is 29.2 Å². The molecule has 2 rings (SSSR count). The molecule has 0 saturated heterocycles. The first-order valence-corrected chi connectivity index (χ1v) is 9.03. The molecule has 30 heavy (non-hydrogen) atoms. The first kappa shape index (κ1) is 22.8. The molecular formula is C22H18ClF2NO4. The minimum Gasteiger partial charge on any atom is -0.481 e. The number of carbonyl (C=O) groups is 2. The van der Waals surface area contributed by atoms with Crippen LogP contribution in [0.3, 0.4) is 0 Å². The summed E-state index contributed by atoms with van der Waals surface area (Å²) in [5.74, 6) is -2.99. The average Bonchev–Trinajstić information content (AvgIpc) is 2.70. The van der Waals surface area contributed by atoms with E-state index in [1.54, 1.807) is 31.2 Å². The van der Waals surface area contributed by atoms with Gasteiger partial charge in [-0.25, -0.2) is 8.78 Å². The van der Waals surface area contributed by atoms with E-state index in [9.17, 15) is 18.4 Å². The van der Waals surface area contributed by atoms with Crippen molar-refractivity contribution in [3.63, 3.8) is 0 Å². The topological polar surface area (TPSA) is 75.6 Å². The molecule has 156 valence electrons. The average molecular weight is 434 g/mol. The molecule has 0 bridgehead atoms. The molecule has 0 saturated carbocycles. The zero-order valence-electron chi connectivity index (χ0n) is 15.9. The summed E-state index contributed by atoms with van der Waals surface area (Å²) in [5.41, 5.74) is 0.816. The molecule has 8 heteroatoms. The van der Waals surface area contributed by atoms with E-state index in [2.05, 4.69) is 11.9 Å². The van der Waals surface area contributed by atoms with E-state index < -0.39 is 23.5 Å². The summed E-state index contributed by atoms with van der Waals surface area (Å²) >= 11 is 6.15. The lowest BCUT2D eigenvalue weighted by Crippen LogP contribution is -2.12. The predicted octanol–water partition coefficient (Wildman–Crippen LogP) is 5.65. The largest absolute Gasteiger partial charge is 0.481 e. The van der Waals surface area contributed by atoms with Crippen molar-refractivity contribution in [2.45, 2.75) is 13.3 Å². The van der Waals surface area contributed by atoms with Gasteiger partial charge in [-0.2, -0.15) is 0 Å². The molecule has 0 aliphatic heterocycles. The number of nitrogens with one attached hydrogen (secondary N) is 1. The van der Waals surface area contributed by atoms with Gasteiger partial charge in [0.1, 0.15) is 11.5 Å². The third-order valence-corrected chi connectivity index (χ3v) is 4.21. The number of allylic oxidation sites excluding steroid dienone is 4. The van der Waals surface area contributed by atoms with E-state index >= 15 is 0 Å². The molecule has 0 heterocycles. The SMILES string of the molecule is C=C/C(=C\C(Cl)=C(/C)Oc1ccc(NC(=O)c2ccc(F)c(F)c2)cc1)CC(=O)O. The molecule has 0 radical (unpaired) electrons. The van der Waals surface area contributed by atoms with Crippen LogP contribution in [0, 0.1) is 11.6 Å². The maximum atomic E-state index is 13.3. The Morgan fingerprint density at radius 2 is 1.83 bits per heavy atom. The Morgan fingerprint density at radius 1 is 1.17 bits per heavy atom. The zero-order valence-corrected chi connectivity index (χ0v) is 16.7. The van der Waals surface area contributed by atoms with Crippen LogP contribution in [0.15, 0.2) is 77.6 Å². The van der Waals surface area contributed by atoms with Crippen LogP contribution >= 0.6 is 11.6 Å². The number of rotatable bonds is 8. The molecule has 2 N–H and O–H groups in total. The molecule has 0 spiro atoms. The van der Waals surface area contributed by atoms with Crippen LogP contribution in [-0.4, -0.2) is 17.0 Å². The third-order valence-electron chi connectivity index (χ3n) is 3.83. The molecular weight excluding hydrogens is 416 g/mol. The van der Waals surface area contributed by atoms with Crippen molar-refractivity contribution < 1.29 is 28.2 Å². The van der Waals surface area contributed by atoms with Gasteiger partial charge >= 0.3 is 5.97 Å². The summed E-state index contributed by atoms with van der Waals surface area (Å²) in [5, 5.41) is 11.6. The smallest absolute Gasteiger partial charge is 0.307 e. The molecule has 0 aromatic heterocycles. The number of carbonyl (C=O) groups excluding carboxylic acids is 1. The van der Waals surface area contributed by atoms with E-state index in [-0.39, 0.29) is 17.0 Å². The Balaban J connectivity index is 2.07. The van der Waals surface area contributed by atoms with Gasteiger partial charge in [0.2, 0.25) is 0 Å². The van der Waals surface area contributed by atoms with E-state index in [0.717, 1.165) is 12.1 Å². The highest BCUT2D eigenvalue weighted by Gasteiger charge is 2.10. The van der Waals surface area contributed by atoms with Crippen LogP contribution in [-0.2, 0) is 4.79 Å². The van der Waals surface area contributed by atoms with E-state index in [0.29, 0.717) is 22.8 Å². The van der Waals surface area contributed by atoms with Crippen molar-refractivity contribution in [3.05, 3.63) is 94.8 Å². The van der Waals surface area contributed by atoms with Crippen LogP contribution < -0.4 is 10.1 Å². The van der Waals surface area contributed by atoms with Crippen LogP contribution in [0.4, 0.5) is 14.5 Å². The fourth-order valence-corrected chi connectivity index (χ4v) is 2.47. The summed E-state index contributed by atoms with van der Waals surface area (Å²) < 4.78 is 31.8. The van der Waals surface area contributed by atoms with Gasteiger partial charge < -0.3 is 15.2 Å². The van der Waals surface area contributed by atoms with E-state index in [4.69, 9.17) is 21.4 Å². The quantitative estimate of drug-likeness (QED) is 0.416. The fraction of sp³-hybridized carbons (Fsp3) is 0.0909. The summed E-state index contributed by atoms with van der Waals surface area (Å²) in [6.45, 7) is 5.16. The number of amides is 1. The van der Waals surface area contributed by atoms with Crippen LogP contribution in [0.5, 0.6) is 5.75 Å². The van der Waals surface area contributed by atoms with Crippen molar-refractivity contribution in [1.29, 1.82) is 0 Å². The summed E-state index contributed by atoms with van der Waals surface area (Å²) in [7, 11) is 0. The maximum Gasteiger partial charge on any atom is 0.307 e. The summed E-state index contributed by atoms with van der Waals surface area (Å²) in [6.07, 6.45) is 2.63. The van der Waals surface area contributed by atoms with Gasteiger partial charge in [0.05, 0.1) is 11.5 Å². The second-order valence-electron chi connectivity index (χ2n) is 6.11. The number of ether oxygens (including phenoxy) is 1. The number of halogens is 3. The molecule has 2 aromatic carbocycles. The second kappa shape index (κ2) is 10.4. The Morgan fingerprint density at radius 3 is 2.40 bits per heavy atom. The van der Waals surface area contributed by atoms with Gasteiger partial charge in [0.15, 0.2) is 11.6 Å². The molecule has 0 fully saturated rings. The number of aliphatic carboxylic acids is 1. The van der Waals surface area contributed by atoms with Gasteiger partial charge in [-0.15, -0.1) is 0 Å². The van der Waals surface area contributed by atoms with Gasteiger partial charge in [-0.05, 0) is 61.0 Å². The molecule has 0 unspecified atom stereocenters. The van der Waals surface area contributed by atoms with E-state index in [1.807, 2.05) is 0 Å². The van der Waals surface area contributed by atoms with Crippen molar-refractivity contribution in [1.82, 2.24) is 0 Å². The Labute approximate surface area is 176 Å². The number of hydrogen-bond acceptors (Lipinski definition) is 3. The maximum absolute atomic E-state index is 13.3. The molecule has 5 nitrogen and oxygen atoms in total. The van der Waals surface area contributed by atoms with Gasteiger partial charge in [-0.3, -0.25) is 9.59 Å². The molecule has 2 aromatic rings. The standard InChI is InChI=1S/C22H18ClF2NO4/c1-3-14(11-21(27)28)10-18(23)13(2)30-17-7-5-16(6-8-17)26-22(29)15-4-9-19(24)20(25)12-15/h3-10,12H,1,11H2,2H3,(H,26,29)(H,27,28)/b14-10+,18-13-. The van der Waals surface area contributed by atoms with Crippen LogP contribution in [0.2, 0.25) is 0 Å². The van der Waals surface area contributed by atoms with Crippen molar-refractivity contribution in [2.75, 3.05) is 5.32 Å². The monoisotopic (exact) mass is 433 g/mol. The minimum atomic E-state index is -1.11. The van der Waals surface area contributed by atoms with Crippen molar-refractivity contribution in [2.24, 2.45) is 0 Å². The predicted molar refractivity (Wildman–Crippen MR) is 110 cm³/mol. The molecule has 0 aliphatic carbocycles. The third kappa shape index (κ3) is 6.56. The number of benzene rings is 2. The van der Waals surface area contributed by atoms with Crippen molar-refractivity contribution in [3.8, 4) is 5.75 Å². The van der Waals surface area contributed by atoms with Crippen LogP contribution in [0.25, 0.3) is 0 Å². The Kier molecular flexibility index (Phi) is 7.89. The number of hydrogen-bond donors (Lipinski definition) is 2. The molecule has 1 amide bonds. The highest BCUT2D eigenvalue weighted by Crippen LogP contribution is 2.22. The first-order valence-electron chi connectivity index (χ1n) is 8.65. The number of carboxylic acids is 1. The Hall–Kier alpha value is -3.45.